The van der Waals surface area contributed by atoms with Gasteiger partial charge in [0.2, 0.25) is 0 Å². The number of piperidine rings is 1. The number of nitrogen functional groups attached to an aromatic ring is 1. The third-order valence-electron chi connectivity index (χ3n) is 3.41. The minimum atomic E-state index is -0.520. The molecule has 0 amide bonds. The van der Waals surface area contributed by atoms with E-state index >= 15 is 0 Å². The first kappa shape index (κ1) is 15.8. The molecule has 1 atom stereocenters. The summed E-state index contributed by atoms with van der Waals surface area (Å²) in [5.74, 6) is -0.694. The van der Waals surface area contributed by atoms with Gasteiger partial charge in [0.05, 0.1) is 23.3 Å². The predicted octanol–water partition coefficient (Wildman–Crippen LogP) is 1.67. The lowest BCUT2D eigenvalue weighted by Crippen LogP contribution is -2.38. The van der Waals surface area contributed by atoms with Gasteiger partial charge in [-0.3, -0.25) is 4.79 Å². The van der Waals surface area contributed by atoms with Crippen molar-refractivity contribution in [3.05, 3.63) is 10.4 Å². The number of ketones is 1. The standard InChI is InChI=1S/C14H20N2O4S/c1-3-20-14(19)10-11(15)12(8(2)17)21-13(10)16-6-4-5-9(18)7-16/h9,18H,3-7,15H2,1-2H3. The van der Waals surface area contributed by atoms with Gasteiger partial charge in [-0.15, -0.1) is 11.3 Å². The molecule has 6 nitrogen and oxygen atoms in total. The molecule has 1 aliphatic rings. The minimum Gasteiger partial charge on any atom is -0.462 e. The highest BCUT2D eigenvalue weighted by Gasteiger charge is 2.30. The van der Waals surface area contributed by atoms with Crippen molar-refractivity contribution >= 4 is 33.8 Å². The van der Waals surface area contributed by atoms with Crippen molar-refractivity contribution in [3.63, 3.8) is 0 Å². The summed E-state index contributed by atoms with van der Waals surface area (Å²) in [6, 6.07) is 0. The van der Waals surface area contributed by atoms with Gasteiger partial charge in [0.25, 0.3) is 0 Å². The van der Waals surface area contributed by atoms with Crippen LogP contribution in [-0.4, -0.2) is 42.7 Å². The van der Waals surface area contributed by atoms with Crippen LogP contribution >= 0.6 is 11.3 Å². The van der Waals surface area contributed by atoms with Crippen LogP contribution in [-0.2, 0) is 4.74 Å². The van der Waals surface area contributed by atoms with E-state index in [4.69, 9.17) is 10.5 Å². The largest absolute Gasteiger partial charge is 0.462 e. The third kappa shape index (κ3) is 3.19. The van der Waals surface area contributed by atoms with Gasteiger partial charge in [-0.1, -0.05) is 0 Å². The summed E-state index contributed by atoms with van der Waals surface area (Å²) in [6.45, 7) is 4.54. The van der Waals surface area contributed by atoms with E-state index in [1.807, 2.05) is 4.90 Å². The van der Waals surface area contributed by atoms with Gasteiger partial charge >= 0.3 is 5.97 Å². The monoisotopic (exact) mass is 312 g/mol. The second-order valence-electron chi connectivity index (χ2n) is 5.04. The zero-order valence-electron chi connectivity index (χ0n) is 12.2. The number of aliphatic hydroxyl groups excluding tert-OH is 1. The van der Waals surface area contributed by atoms with Gasteiger partial charge in [0.15, 0.2) is 5.78 Å². The lowest BCUT2D eigenvalue weighted by atomic mass is 10.1. The average Bonchev–Trinajstić information content (AvgIpc) is 2.77. The molecule has 0 spiro atoms. The van der Waals surface area contributed by atoms with E-state index in [1.54, 1.807) is 6.92 Å². The number of nitrogens with two attached hydrogens (primary N) is 1. The van der Waals surface area contributed by atoms with Gasteiger partial charge in [-0.05, 0) is 19.8 Å². The van der Waals surface area contributed by atoms with Crippen molar-refractivity contribution in [1.29, 1.82) is 0 Å². The molecular weight excluding hydrogens is 292 g/mol. The molecule has 21 heavy (non-hydrogen) atoms. The number of nitrogens with zero attached hydrogens (tertiary/aromatic N) is 1. The zero-order chi connectivity index (χ0) is 15.6. The highest BCUT2D eigenvalue weighted by atomic mass is 32.1. The lowest BCUT2D eigenvalue weighted by Gasteiger charge is -2.31. The Labute approximate surface area is 127 Å². The van der Waals surface area contributed by atoms with Crippen LogP contribution in [0.1, 0.15) is 46.7 Å². The fraction of sp³-hybridized carbons (Fsp3) is 0.571. The maximum absolute atomic E-state index is 12.2. The van der Waals surface area contributed by atoms with Crippen LogP contribution in [0.5, 0.6) is 0 Å². The number of Topliss-reactive ketones (excluding diaryl/α,β-unsaturated/α-hetero) is 1. The Bertz CT molecular complexity index is 555. The molecular formula is C14H20N2O4S. The predicted molar refractivity (Wildman–Crippen MR) is 82.1 cm³/mol. The molecule has 1 aromatic heterocycles. The number of rotatable bonds is 4. The number of ether oxygens (including phenoxy) is 1. The first-order valence-electron chi connectivity index (χ1n) is 6.99. The third-order valence-corrected chi connectivity index (χ3v) is 4.78. The molecule has 1 aromatic rings. The summed E-state index contributed by atoms with van der Waals surface area (Å²) in [5, 5.41) is 10.4. The maximum Gasteiger partial charge on any atom is 0.343 e. The number of esters is 1. The Morgan fingerprint density at radius 2 is 2.24 bits per heavy atom. The molecule has 0 saturated carbocycles. The summed E-state index contributed by atoms with van der Waals surface area (Å²) in [4.78, 5) is 26.1. The summed E-state index contributed by atoms with van der Waals surface area (Å²) < 4.78 is 5.05. The van der Waals surface area contributed by atoms with Gasteiger partial charge in [-0.2, -0.15) is 0 Å². The van der Waals surface area contributed by atoms with E-state index in [1.165, 1.54) is 18.3 Å². The van der Waals surface area contributed by atoms with Gasteiger partial charge < -0.3 is 20.5 Å². The van der Waals surface area contributed by atoms with Crippen molar-refractivity contribution in [2.24, 2.45) is 0 Å². The van der Waals surface area contributed by atoms with E-state index in [0.29, 0.717) is 16.4 Å². The van der Waals surface area contributed by atoms with Crippen molar-refractivity contribution < 1.29 is 19.4 Å². The molecule has 1 saturated heterocycles. The molecule has 2 heterocycles. The van der Waals surface area contributed by atoms with E-state index in [2.05, 4.69) is 0 Å². The molecule has 1 unspecified atom stereocenters. The summed E-state index contributed by atoms with van der Waals surface area (Å²) in [7, 11) is 0. The lowest BCUT2D eigenvalue weighted by molar-refractivity contribution is 0.0528. The molecule has 0 aromatic carbocycles. The van der Waals surface area contributed by atoms with Crippen LogP contribution in [0.3, 0.4) is 0 Å². The first-order chi connectivity index (χ1) is 9.95. The normalized spacial score (nSPS) is 18.6. The van der Waals surface area contributed by atoms with E-state index in [9.17, 15) is 14.7 Å². The molecule has 116 valence electrons. The molecule has 0 radical (unpaired) electrons. The fourth-order valence-corrected chi connectivity index (χ4v) is 3.59. The van der Waals surface area contributed by atoms with Crippen LogP contribution in [0, 0.1) is 0 Å². The number of hydrogen-bond donors (Lipinski definition) is 2. The van der Waals surface area contributed by atoms with Crippen LogP contribution in [0.15, 0.2) is 0 Å². The average molecular weight is 312 g/mol. The quantitative estimate of drug-likeness (QED) is 0.649. The summed E-state index contributed by atoms with van der Waals surface area (Å²) >= 11 is 1.20. The fourth-order valence-electron chi connectivity index (χ4n) is 2.46. The number of aliphatic hydroxyl groups is 1. The number of carbonyl (C=O) groups excluding carboxylic acids is 2. The Morgan fingerprint density at radius 3 is 2.81 bits per heavy atom. The highest BCUT2D eigenvalue weighted by molar-refractivity contribution is 7.19. The molecule has 2 rings (SSSR count). The maximum atomic E-state index is 12.2. The Morgan fingerprint density at radius 1 is 1.52 bits per heavy atom. The topological polar surface area (TPSA) is 92.9 Å². The van der Waals surface area contributed by atoms with Gasteiger partial charge in [0.1, 0.15) is 10.6 Å². The van der Waals surface area contributed by atoms with E-state index in [-0.39, 0.29) is 23.6 Å². The number of hydrogen-bond acceptors (Lipinski definition) is 7. The second kappa shape index (κ2) is 6.44. The van der Waals surface area contributed by atoms with Crippen LogP contribution < -0.4 is 10.6 Å². The Kier molecular flexibility index (Phi) is 4.84. The van der Waals surface area contributed by atoms with E-state index < -0.39 is 12.1 Å². The molecule has 1 fully saturated rings. The number of carbonyl (C=O) groups is 2. The number of β-amino-alcohol motifs (C(OH)–C–C–N with tert-alkyl or cyclic N) is 1. The van der Waals surface area contributed by atoms with Gasteiger partial charge in [-0.25, -0.2) is 4.79 Å². The summed E-state index contributed by atoms with van der Waals surface area (Å²) in [5.41, 5.74) is 6.41. The smallest absolute Gasteiger partial charge is 0.343 e. The van der Waals surface area contributed by atoms with Gasteiger partial charge in [0, 0.05) is 20.0 Å². The molecule has 7 heteroatoms. The van der Waals surface area contributed by atoms with Crippen LogP contribution in [0.4, 0.5) is 10.7 Å². The first-order valence-corrected chi connectivity index (χ1v) is 7.80. The van der Waals surface area contributed by atoms with Crippen molar-refractivity contribution in [1.82, 2.24) is 0 Å². The Balaban J connectivity index is 2.45. The SMILES string of the molecule is CCOC(=O)c1c(N2CCCC(O)C2)sc(C(C)=O)c1N. The highest BCUT2D eigenvalue weighted by Crippen LogP contribution is 2.40. The van der Waals surface area contributed by atoms with Crippen LogP contribution in [0.2, 0.25) is 0 Å². The Hall–Kier alpha value is -1.60. The summed E-state index contributed by atoms with van der Waals surface area (Å²) in [6.07, 6.45) is 1.14. The van der Waals surface area contributed by atoms with Crippen LogP contribution in [0.25, 0.3) is 0 Å². The second-order valence-corrected chi connectivity index (χ2v) is 6.04. The van der Waals surface area contributed by atoms with Crippen molar-refractivity contribution in [2.75, 3.05) is 30.3 Å². The number of thiophene rings is 1. The minimum absolute atomic E-state index is 0.174. The molecule has 3 N–H and O–H groups in total. The van der Waals surface area contributed by atoms with E-state index in [0.717, 1.165) is 19.4 Å². The number of anilines is 2. The molecule has 0 aliphatic carbocycles. The molecule has 0 bridgehead atoms. The van der Waals surface area contributed by atoms with Crippen molar-refractivity contribution in [3.8, 4) is 0 Å². The van der Waals surface area contributed by atoms with Crippen molar-refractivity contribution in [2.45, 2.75) is 32.8 Å². The zero-order valence-corrected chi connectivity index (χ0v) is 13.0. The molecule has 1 aliphatic heterocycles.